The van der Waals surface area contributed by atoms with E-state index in [9.17, 15) is 0 Å². The van der Waals surface area contributed by atoms with Crippen LogP contribution in [-0.4, -0.2) is 26.0 Å². The maximum absolute atomic E-state index is 4.84. The van der Waals surface area contributed by atoms with Gasteiger partial charge in [-0.1, -0.05) is 38.8 Å². The van der Waals surface area contributed by atoms with E-state index in [4.69, 9.17) is 9.47 Å². The number of hydrogen-bond acceptors (Lipinski definition) is 4. The topological polar surface area (TPSA) is 44.5 Å². The molecule has 1 aromatic rings. The van der Waals surface area contributed by atoms with Crippen molar-refractivity contribution >= 4 is 0 Å². The van der Waals surface area contributed by atoms with E-state index in [1.54, 1.807) is 20.3 Å². The lowest BCUT2D eigenvalue weighted by atomic mass is 10.3. The monoisotopic (exact) mass is 245 g/mol. The molecule has 0 aromatic carbocycles. The van der Waals surface area contributed by atoms with Gasteiger partial charge < -0.3 is 14.0 Å². The van der Waals surface area contributed by atoms with Gasteiger partial charge in [0.15, 0.2) is 0 Å². The van der Waals surface area contributed by atoms with Crippen molar-refractivity contribution in [2.45, 2.75) is 46.6 Å². The maximum atomic E-state index is 4.84. The Morgan fingerprint density at radius 2 is 1.88 bits per heavy atom. The molecule has 0 bridgehead atoms. The average molecular weight is 245 g/mol. The highest BCUT2D eigenvalue weighted by atomic mass is 16.5. The normalized spacial score (nSPS) is 8.76. The number of methoxy groups -OCH3 is 2. The molecule has 0 saturated heterocycles. The zero-order valence-corrected chi connectivity index (χ0v) is 11.9. The predicted octanol–water partition coefficient (Wildman–Crippen LogP) is 3.67. The van der Waals surface area contributed by atoms with Crippen LogP contribution in [0.4, 0.5) is 0 Å². The van der Waals surface area contributed by atoms with Gasteiger partial charge in [0.05, 0.1) is 6.61 Å². The van der Waals surface area contributed by atoms with Gasteiger partial charge in [-0.15, -0.1) is 0 Å². The Hall–Kier alpha value is -0.870. The third kappa shape index (κ3) is 15.1. The predicted molar refractivity (Wildman–Crippen MR) is 70.0 cm³/mol. The first-order valence-electron chi connectivity index (χ1n) is 6.22. The van der Waals surface area contributed by atoms with Crippen molar-refractivity contribution in [2.75, 3.05) is 20.8 Å². The van der Waals surface area contributed by atoms with Crippen LogP contribution in [0, 0.1) is 0 Å². The molecule has 0 amide bonds. The minimum Gasteiger partial charge on any atom is -0.385 e. The number of ether oxygens (including phenoxy) is 2. The summed E-state index contributed by atoms with van der Waals surface area (Å²) >= 11 is 0. The fourth-order valence-electron chi connectivity index (χ4n) is 0.956. The van der Waals surface area contributed by atoms with Gasteiger partial charge in [0.2, 0.25) is 0 Å². The van der Waals surface area contributed by atoms with Crippen LogP contribution in [0.2, 0.25) is 0 Å². The van der Waals surface area contributed by atoms with Crippen LogP contribution in [0.5, 0.6) is 0 Å². The molecule has 4 heteroatoms. The molecule has 1 heterocycles. The van der Waals surface area contributed by atoms with Crippen molar-refractivity contribution < 1.29 is 14.0 Å². The zero-order valence-electron chi connectivity index (χ0n) is 11.9. The van der Waals surface area contributed by atoms with Crippen LogP contribution in [0.3, 0.4) is 0 Å². The highest BCUT2D eigenvalue weighted by Gasteiger charge is 1.90. The molecule has 0 aliphatic carbocycles. The molecule has 0 N–H and O–H groups in total. The van der Waals surface area contributed by atoms with Crippen LogP contribution in [0.15, 0.2) is 16.9 Å². The molecule has 0 spiro atoms. The van der Waals surface area contributed by atoms with E-state index in [1.807, 2.05) is 13.8 Å². The fourth-order valence-corrected chi connectivity index (χ4v) is 0.956. The molecule has 4 nitrogen and oxygen atoms in total. The summed E-state index contributed by atoms with van der Waals surface area (Å²) in [5.74, 6) is 0. The lowest BCUT2D eigenvalue weighted by Gasteiger charge is -1.92. The minimum atomic E-state index is 0.524. The van der Waals surface area contributed by atoms with Crippen molar-refractivity contribution in [3.8, 4) is 0 Å². The molecule has 1 rings (SSSR count). The molecule has 0 saturated carbocycles. The van der Waals surface area contributed by atoms with E-state index in [2.05, 4.69) is 16.6 Å². The van der Waals surface area contributed by atoms with E-state index < -0.39 is 0 Å². The van der Waals surface area contributed by atoms with Crippen molar-refractivity contribution in [2.24, 2.45) is 0 Å². The number of nitrogens with zero attached hydrogens (tertiary/aromatic N) is 1. The highest BCUT2D eigenvalue weighted by Crippen LogP contribution is 1.94. The van der Waals surface area contributed by atoms with Gasteiger partial charge in [0.1, 0.15) is 12.0 Å². The average Bonchev–Trinajstić information content (AvgIpc) is 2.87. The van der Waals surface area contributed by atoms with Crippen LogP contribution >= 0.6 is 0 Å². The Balaban J connectivity index is 0. The summed E-state index contributed by atoms with van der Waals surface area (Å²) in [7, 11) is 3.37. The van der Waals surface area contributed by atoms with Crippen LogP contribution < -0.4 is 0 Å². The van der Waals surface area contributed by atoms with Gasteiger partial charge in [-0.25, -0.2) is 0 Å². The number of aromatic nitrogens is 1. The first-order chi connectivity index (χ1) is 8.35. The van der Waals surface area contributed by atoms with Crippen molar-refractivity contribution in [1.82, 2.24) is 5.16 Å². The molecular weight excluding hydrogens is 218 g/mol. The molecule has 0 fully saturated rings. The van der Waals surface area contributed by atoms with Crippen molar-refractivity contribution in [1.29, 1.82) is 0 Å². The molecule has 102 valence electrons. The van der Waals surface area contributed by atoms with Gasteiger partial charge in [0.25, 0.3) is 0 Å². The second kappa shape index (κ2) is 17.5. The number of hydrogen-bond donors (Lipinski definition) is 0. The Bertz CT molecular complexity index is 196. The quantitative estimate of drug-likeness (QED) is 0.717. The molecule has 0 aliphatic heterocycles. The molecule has 0 radical (unpaired) electrons. The maximum Gasteiger partial charge on any atom is 0.124 e. The smallest absolute Gasteiger partial charge is 0.124 e. The molecular formula is C13H27NO3. The summed E-state index contributed by atoms with van der Waals surface area (Å²) in [5.41, 5.74) is 0.826. The third-order valence-corrected chi connectivity index (χ3v) is 1.74. The minimum absolute atomic E-state index is 0.524. The van der Waals surface area contributed by atoms with Crippen molar-refractivity contribution in [3.63, 3.8) is 0 Å². The summed E-state index contributed by atoms with van der Waals surface area (Å²) in [6.45, 7) is 7.64. The Morgan fingerprint density at radius 1 is 1.18 bits per heavy atom. The van der Waals surface area contributed by atoms with Crippen LogP contribution in [-0.2, 0) is 16.1 Å². The largest absolute Gasteiger partial charge is 0.385 e. The second-order valence-corrected chi connectivity index (χ2v) is 3.12. The summed E-state index contributed by atoms with van der Waals surface area (Å²) < 4.78 is 14.1. The fraction of sp³-hybridized carbons (Fsp3) is 0.769. The van der Waals surface area contributed by atoms with E-state index in [-0.39, 0.29) is 0 Å². The summed E-state index contributed by atoms with van der Waals surface area (Å²) in [6.07, 6.45) is 5.32. The molecule has 0 aliphatic rings. The van der Waals surface area contributed by atoms with E-state index in [0.717, 1.165) is 12.3 Å². The van der Waals surface area contributed by atoms with E-state index in [1.165, 1.54) is 25.5 Å². The van der Waals surface area contributed by atoms with Gasteiger partial charge in [-0.2, -0.15) is 0 Å². The Labute approximate surface area is 105 Å². The number of unbranched alkanes of at least 4 members (excludes halogenated alkanes) is 2. The molecule has 1 aromatic heterocycles. The van der Waals surface area contributed by atoms with Gasteiger partial charge in [-0.05, 0) is 6.42 Å². The lowest BCUT2D eigenvalue weighted by Crippen LogP contribution is -1.85. The third-order valence-electron chi connectivity index (χ3n) is 1.74. The molecule has 0 atom stereocenters. The highest BCUT2D eigenvalue weighted by molar-refractivity contribution is 4.92. The van der Waals surface area contributed by atoms with Gasteiger partial charge in [-0.3, -0.25) is 0 Å². The zero-order chi connectivity index (χ0) is 13.4. The molecule has 17 heavy (non-hydrogen) atoms. The van der Waals surface area contributed by atoms with E-state index >= 15 is 0 Å². The summed E-state index contributed by atoms with van der Waals surface area (Å²) in [5, 5.41) is 3.61. The standard InChI is InChI=1S/C6H14O.C5H7NO2.C2H6/c1-3-4-5-6-7-2;1-7-4-5-2-3-8-6-5;1-2/h3-6H2,1-2H3;2-3H,4H2,1H3;1-2H3. The van der Waals surface area contributed by atoms with Crippen LogP contribution in [0.25, 0.3) is 0 Å². The second-order valence-electron chi connectivity index (χ2n) is 3.12. The first-order valence-corrected chi connectivity index (χ1v) is 6.22. The lowest BCUT2D eigenvalue weighted by molar-refractivity contribution is 0.177. The number of rotatable bonds is 6. The Morgan fingerprint density at radius 3 is 2.29 bits per heavy atom. The van der Waals surface area contributed by atoms with E-state index in [0.29, 0.717) is 6.61 Å². The summed E-state index contributed by atoms with van der Waals surface area (Å²) in [6, 6.07) is 1.77. The summed E-state index contributed by atoms with van der Waals surface area (Å²) in [4.78, 5) is 0. The van der Waals surface area contributed by atoms with Crippen LogP contribution in [0.1, 0.15) is 45.7 Å². The van der Waals surface area contributed by atoms with Gasteiger partial charge in [0, 0.05) is 26.9 Å². The molecule has 0 unspecified atom stereocenters. The van der Waals surface area contributed by atoms with Crippen molar-refractivity contribution in [3.05, 3.63) is 18.0 Å². The SMILES string of the molecule is CC.CCCCCOC.COCc1ccon1. The van der Waals surface area contributed by atoms with Gasteiger partial charge >= 0.3 is 0 Å². The first kappa shape index (κ1) is 18.5. The Kier molecular flexibility index (Phi) is 19.1.